The molecule has 6 rings (SSSR count). The average molecular weight is 528 g/mol. The van der Waals surface area contributed by atoms with Gasteiger partial charge in [-0.25, -0.2) is 9.37 Å². The summed E-state index contributed by atoms with van der Waals surface area (Å²) >= 11 is 0. The van der Waals surface area contributed by atoms with Crippen molar-refractivity contribution in [2.45, 2.75) is 32.5 Å². The second-order valence-electron chi connectivity index (χ2n) is 10.2. The molecule has 4 heterocycles. The minimum Gasteiger partial charge on any atom is -0.378 e. The quantitative estimate of drug-likeness (QED) is 0.307. The van der Waals surface area contributed by atoms with Gasteiger partial charge in [-0.05, 0) is 43.5 Å². The summed E-state index contributed by atoms with van der Waals surface area (Å²) in [5, 5.41) is 10.5. The third-order valence-corrected chi connectivity index (χ3v) is 6.76. The van der Waals surface area contributed by atoms with Gasteiger partial charge in [0.05, 0.1) is 30.4 Å². The van der Waals surface area contributed by atoms with Gasteiger partial charge in [-0.15, -0.1) is 0 Å². The molecule has 11 heteroatoms. The van der Waals surface area contributed by atoms with Crippen LogP contribution in [0.4, 0.5) is 16.3 Å². The second kappa shape index (κ2) is 10.4. The van der Waals surface area contributed by atoms with Crippen molar-refractivity contribution in [2.75, 3.05) is 36.5 Å². The summed E-state index contributed by atoms with van der Waals surface area (Å²) in [6.07, 6.45) is 4.42. The minimum absolute atomic E-state index is 0.245. The van der Waals surface area contributed by atoms with Gasteiger partial charge < -0.3 is 15.0 Å². The number of hydrogen-bond donors (Lipinski definition) is 2. The molecule has 5 aromatic rings. The van der Waals surface area contributed by atoms with E-state index in [0.29, 0.717) is 56.1 Å². The van der Waals surface area contributed by atoms with Gasteiger partial charge >= 0.3 is 0 Å². The predicted molar refractivity (Wildman–Crippen MR) is 148 cm³/mol. The zero-order valence-corrected chi connectivity index (χ0v) is 21.9. The fourth-order valence-corrected chi connectivity index (χ4v) is 4.98. The third-order valence-electron chi connectivity index (χ3n) is 6.76. The molecule has 200 valence electrons. The lowest BCUT2D eigenvalue weighted by Crippen LogP contribution is -2.39. The highest BCUT2D eigenvalue weighted by molar-refractivity contribution is 5.77. The number of imidazole rings is 1. The molecule has 10 nitrogen and oxygen atoms in total. The number of halogens is 1. The molecule has 2 aromatic carbocycles. The Hall–Kier alpha value is -4.38. The highest BCUT2D eigenvalue weighted by Crippen LogP contribution is 2.28. The van der Waals surface area contributed by atoms with E-state index in [2.05, 4.69) is 51.4 Å². The molecule has 39 heavy (non-hydrogen) atoms. The van der Waals surface area contributed by atoms with E-state index in [0.717, 1.165) is 16.6 Å². The number of hydrogen-bond acceptors (Lipinski definition) is 8. The fraction of sp³-hybridized carbons (Fsp3) is 0.321. The number of para-hydroxylation sites is 2. The Morgan fingerprint density at radius 3 is 2.54 bits per heavy atom. The van der Waals surface area contributed by atoms with Gasteiger partial charge in [0.1, 0.15) is 12.5 Å². The highest BCUT2D eigenvalue weighted by Gasteiger charge is 2.25. The maximum atomic E-state index is 14.1. The van der Waals surface area contributed by atoms with Gasteiger partial charge in [0, 0.05) is 30.4 Å². The molecular formula is C28H30FN9O. The highest BCUT2D eigenvalue weighted by atomic mass is 19.1. The molecule has 1 aliphatic heterocycles. The third kappa shape index (κ3) is 5.17. The number of nitrogens with one attached hydrogen (secondary N) is 2. The van der Waals surface area contributed by atoms with Crippen molar-refractivity contribution < 1.29 is 9.13 Å². The van der Waals surface area contributed by atoms with Gasteiger partial charge in [0.2, 0.25) is 17.8 Å². The molecule has 0 amide bonds. The summed E-state index contributed by atoms with van der Waals surface area (Å²) < 4.78 is 21.3. The van der Waals surface area contributed by atoms with Crippen LogP contribution in [-0.4, -0.2) is 66.5 Å². The number of H-pyrrole nitrogens is 1. The van der Waals surface area contributed by atoms with Crippen molar-refractivity contribution >= 4 is 22.9 Å². The molecule has 0 bridgehead atoms. The molecule has 1 aliphatic rings. The van der Waals surface area contributed by atoms with Crippen molar-refractivity contribution in [1.29, 1.82) is 0 Å². The lowest BCUT2D eigenvalue weighted by atomic mass is 9.90. The van der Waals surface area contributed by atoms with Crippen LogP contribution < -0.4 is 10.2 Å². The lowest BCUT2D eigenvalue weighted by molar-refractivity contribution is 0.122. The Kier molecular flexibility index (Phi) is 6.65. The molecule has 0 atom stereocenters. The summed E-state index contributed by atoms with van der Waals surface area (Å²) in [6.45, 7) is 5.96. The summed E-state index contributed by atoms with van der Waals surface area (Å²) in [6, 6.07) is 15.8. The van der Waals surface area contributed by atoms with Crippen LogP contribution in [0.15, 0.2) is 60.9 Å². The van der Waals surface area contributed by atoms with E-state index >= 15 is 0 Å². The first kappa shape index (κ1) is 24.9. The number of nitrogens with zero attached hydrogens (tertiary/aromatic N) is 7. The van der Waals surface area contributed by atoms with Gasteiger partial charge in [-0.2, -0.15) is 20.1 Å². The van der Waals surface area contributed by atoms with E-state index in [1.54, 1.807) is 4.57 Å². The zero-order chi connectivity index (χ0) is 26.8. The van der Waals surface area contributed by atoms with E-state index in [9.17, 15) is 4.39 Å². The number of alkyl halides is 1. The van der Waals surface area contributed by atoms with Crippen molar-refractivity contribution in [3.8, 4) is 17.1 Å². The second-order valence-corrected chi connectivity index (χ2v) is 10.2. The summed E-state index contributed by atoms with van der Waals surface area (Å²) in [4.78, 5) is 20.9. The summed E-state index contributed by atoms with van der Waals surface area (Å²) in [5.74, 6) is 1.50. The molecule has 0 aliphatic carbocycles. The molecule has 3 aromatic heterocycles. The maximum absolute atomic E-state index is 14.1. The molecule has 0 saturated carbocycles. The predicted octanol–water partition coefficient (Wildman–Crippen LogP) is 4.34. The number of aromatic amines is 1. The van der Waals surface area contributed by atoms with E-state index in [4.69, 9.17) is 19.7 Å². The van der Waals surface area contributed by atoms with E-state index < -0.39 is 12.2 Å². The lowest BCUT2D eigenvalue weighted by Gasteiger charge is -2.30. The van der Waals surface area contributed by atoms with Crippen LogP contribution in [0.5, 0.6) is 0 Å². The largest absolute Gasteiger partial charge is 0.378 e. The molecule has 0 unspecified atom stereocenters. The fourth-order valence-electron chi connectivity index (χ4n) is 4.98. The standard InChI is InChI=1S/C28H30FN9O/c1-28(2,15-19-7-3-4-8-21(19)20-17-30-31-18-20)36-25-33-26(37-11-13-39-14-12-37)35-27(34-25)38-23-10-6-5-9-22(23)32-24(38)16-29/h3-10,17-18H,11-16H2,1-2H3,(H,30,31)(H,33,34,35,36). The Morgan fingerprint density at radius 1 is 0.974 bits per heavy atom. The summed E-state index contributed by atoms with van der Waals surface area (Å²) in [5.41, 5.74) is 4.31. The van der Waals surface area contributed by atoms with Gasteiger partial charge in [-0.3, -0.25) is 9.67 Å². The Balaban J connectivity index is 1.39. The van der Waals surface area contributed by atoms with E-state index in [1.807, 2.05) is 48.8 Å². The molecule has 2 N–H and O–H groups in total. The van der Waals surface area contributed by atoms with Crippen LogP contribution in [0.25, 0.3) is 28.1 Å². The molecular weight excluding hydrogens is 497 g/mol. The number of rotatable bonds is 8. The van der Waals surface area contributed by atoms with Crippen LogP contribution in [0.1, 0.15) is 25.2 Å². The Labute approximate surface area is 225 Å². The molecule has 1 fully saturated rings. The van der Waals surface area contributed by atoms with Gasteiger partial charge in [0.25, 0.3) is 0 Å². The van der Waals surface area contributed by atoms with Crippen molar-refractivity contribution in [3.63, 3.8) is 0 Å². The smallest absolute Gasteiger partial charge is 0.242 e. The number of fused-ring (bicyclic) bond motifs is 1. The number of aromatic nitrogens is 7. The van der Waals surface area contributed by atoms with Crippen molar-refractivity contribution in [2.24, 2.45) is 0 Å². The minimum atomic E-state index is -0.744. The molecule has 1 saturated heterocycles. The first-order valence-corrected chi connectivity index (χ1v) is 13.0. The van der Waals surface area contributed by atoms with E-state index in [1.165, 1.54) is 5.56 Å². The van der Waals surface area contributed by atoms with Crippen molar-refractivity contribution in [1.82, 2.24) is 34.7 Å². The van der Waals surface area contributed by atoms with Crippen LogP contribution >= 0.6 is 0 Å². The summed E-state index contributed by atoms with van der Waals surface area (Å²) in [7, 11) is 0. The van der Waals surface area contributed by atoms with Crippen LogP contribution in [0.3, 0.4) is 0 Å². The van der Waals surface area contributed by atoms with Crippen LogP contribution in [0, 0.1) is 0 Å². The van der Waals surface area contributed by atoms with Gasteiger partial charge in [0.15, 0.2) is 0 Å². The monoisotopic (exact) mass is 527 g/mol. The van der Waals surface area contributed by atoms with Crippen molar-refractivity contribution in [3.05, 3.63) is 72.3 Å². The molecule has 0 spiro atoms. The Morgan fingerprint density at radius 2 is 1.74 bits per heavy atom. The SMILES string of the molecule is CC(C)(Cc1ccccc1-c1cn[nH]c1)Nc1nc(N2CCOCC2)nc(-n2c(CF)nc3ccccc32)n1. The number of anilines is 2. The topological polar surface area (TPSA) is 110 Å². The van der Waals surface area contributed by atoms with Gasteiger partial charge in [-0.1, -0.05) is 36.4 Å². The first-order chi connectivity index (χ1) is 19.0. The number of ether oxygens (including phenoxy) is 1. The first-order valence-electron chi connectivity index (χ1n) is 13.0. The van der Waals surface area contributed by atoms with Crippen LogP contribution in [0.2, 0.25) is 0 Å². The number of benzene rings is 2. The van der Waals surface area contributed by atoms with E-state index in [-0.39, 0.29) is 5.82 Å². The number of morpholine rings is 1. The zero-order valence-electron chi connectivity index (χ0n) is 21.9. The molecule has 0 radical (unpaired) electrons. The normalized spacial score (nSPS) is 14.2. The van der Waals surface area contributed by atoms with Crippen LogP contribution in [-0.2, 0) is 17.8 Å². The maximum Gasteiger partial charge on any atom is 0.242 e. The average Bonchev–Trinajstić information content (AvgIpc) is 3.61. The Bertz CT molecular complexity index is 1580.